The van der Waals surface area contributed by atoms with Crippen LogP contribution in [0.15, 0.2) is 39.7 Å². The van der Waals surface area contributed by atoms with E-state index in [0.717, 1.165) is 11.3 Å². The van der Waals surface area contributed by atoms with Crippen LogP contribution in [0.5, 0.6) is 0 Å². The summed E-state index contributed by atoms with van der Waals surface area (Å²) in [6.07, 6.45) is 1.63. The largest absolute Gasteiger partial charge is 0.439 e. The van der Waals surface area contributed by atoms with Crippen molar-refractivity contribution in [1.29, 1.82) is 0 Å². The van der Waals surface area contributed by atoms with Crippen LogP contribution in [0, 0.1) is 6.92 Å². The van der Waals surface area contributed by atoms with Crippen molar-refractivity contribution in [3.05, 3.63) is 40.9 Å². The molecule has 0 saturated heterocycles. The van der Waals surface area contributed by atoms with Crippen LogP contribution in [0.25, 0.3) is 11.3 Å². The zero-order chi connectivity index (χ0) is 9.26. The zero-order valence-corrected chi connectivity index (χ0v) is 8.71. The third kappa shape index (κ3) is 1.80. The van der Waals surface area contributed by atoms with Gasteiger partial charge in [0.2, 0.25) is 0 Å². The fourth-order valence-corrected chi connectivity index (χ4v) is 1.39. The Morgan fingerprint density at radius 2 is 1.92 bits per heavy atom. The van der Waals surface area contributed by atoms with Crippen molar-refractivity contribution in [1.82, 2.24) is 4.98 Å². The maximum Gasteiger partial charge on any atom is 0.264 e. The topological polar surface area (TPSA) is 26.0 Å². The van der Waals surface area contributed by atoms with Gasteiger partial charge >= 0.3 is 0 Å². The van der Waals surface area contributed by atoms with E-state index < -0.39 is 0 Å². The van der Waals surface area contributed by atoms with Gasteiger partial charge in [-0.15, -0.1) is 0 Å². The Morgan fingerprint density at radius 1 is 1.23 bits per heavy atom. The zero-order valence-electron chi connectivity index (χ0n) is 7.12. The molecular weight excluding hydrogens is 230 g/mol. The second-order valence-corrected chi connectivity index (χ2v) is 3.53. The molecule has 0 aliphatic heterocycles. The number of aromatic nitrogens is 1. The molecule has 0 spiro atoms. The van der Waals surface area contributed by atoms with Gasteiger partial charge in [-0.05, 0) is 6.92 Å². The summed E-state index contributed by atoms with van der Waals surface area (Å²) in [5.74, 6) is 0. The van der Waals surface area contributed by atoms with Crippen LogP contribution in [-0.2, 0) is 0 Å². The van der Waals surface area contributed by atoms with Gasteiger partial charge in [0.15, 0.2) is 0 Å². The lowest BCUT2D eigenvalue weighted by molar-refractivity contribution is 0.529. The first-order chi connectivity index (χ1) is 6.25. The highest BCUT2D eigenvalue weighted by atomic mass is 79.9. The molecule has 0 unspecified atom stereocenters. The van der Waals surface area contributed by atoms with Gasteiger partial charge in [-0.25, -0.2) is 4.98 Å². The Morgan fingerprint density at radius 3 is 2.46 bits per heavy atom. The molecule has 1 heterocycles. The molecule has 0 amide bonds. The Balaban J connectivity index is 2.41. The molecular formula is C10H8BrNO. The van der Waals surface area contributed by atoms with Gasteiger partial charge < -0.3 is 4.42 Å². The van der Waals surface area contributed by atoms with Crippen molar-refractivity contribution >= 4 is 15.9 Å². The number of nitrogens with zero attached hydrogens (tertiary/aromatic N) is 1. The Labute approximate surface area is 84.7 Å². The van der Waals surface area contributed by atoms with Gasteiger partial charge in [-0.1, -0.05) is 29.8 Å². The van der Waals surface area contributed by atoms with E-state index in [1.807, 2.05) is 12.1 Å². The number of hydrogen-bond acceptors (Lipinski definition) is 2. The molecule has 0 radical (unpaired) electrons. The summed E-state index contributed by atoms with van der Waals surface area (Å²) in [5, 5.41) is 0. The first kappa shape index (κ1) is 8.51. The molecule has 13 heavy (non-hydrogen) atoms. The van der Waals surface area contributed by atoms with Crippen molar-refractivity contribution in [3.63, 3.8) is 0 Å². The van der Waals surface area contributed by atoms with Gasteiger partial charge in [0, 0.05) is 21.5 Å². The minimum Gasteiger partial charge on any atom is -0.439 e. The second-order valence-electron chi connectivity index (χ2n) is 2.85. The van der Waals surface area contributed by atoms with Gasteiger partial charge in [0.25, 0.3) is 4.80 Å². The summed E-state index contributed by atoms with van der Waals surface area (Å²) >= 11 is 3.17. The molecule has 2 rings (SSSR count). The molecule has 0 N–H and O–H groups in total. The van der Waals surface area contributed by atoms with E-state index >= 15 is 0 Å². The van der Waals surface area contributed by atoms with Crippen LogP contribution in [-0.4, -0.2) is 4.98 Å². The van der Waals surface area contributed by atoms with Gasteiger partial charge in [0.05, 0.1) is 0 Å². The van der Waals surface area contributed by atoms with Crippen molar-refractivity contribution in [3.8, 4) is 11.3 Å². The first-order valence-corrected chi connectivity index (χ1v) is 4.73. The summed E-state index contributed by atoms with van der Waals surface area (Å²) in [4.78, 5) is 4.68. The third-order valence-electron chi connectivity index (χ3n) is 1.82. The average molecular weight is 238 g/mol. The molecule has 0 saturated carbocycles. The third-order valence-corrected chi connectivity index (χ3v) is 2.19. The monoisotopic (exact) mass is 237 g/mol. The predicted octanol–water partition coefficient (Wildman–Crippen LogP) is 3.41. The molecule has 2 nitrogen and oxygen atoms in total. The number of rotatable bonds is 1. The first-order valence-electron chi connectivity index (χ1n) is 3.94. The van der Waals surface area contributed by atoms with E-state index in [4.69, 9.17) is 4.42 Å². The van der Waals surface area contributed by atoms with E-state index in [1.165, 1.54) is 5.56 Å². The molecule has 3 heteroatoms. The number of oxazole rings is 1. The fourth-order valence-electron chi connectivity index (χ4n) is 1.11. The van der Waals surface area contributed by atoms with Crippen molar-refractivity contribution in [2.75, 3.05) is 0 Å². The van der Waals surface area contributed by atoms with Gasteiger partial charge in [-0.2, -0.15) is 0 Å². The molecule has 0 atom stereocenters. The quantitative estimate of drug-likeness (QED) is 0.760. The highest BCUT2D eigenvalue weighted by Gasteiger charge is 2.02. The van der Waals surface area contributed by atoms with Gasteiger partial charge in [-0.3, -0.25) is 0 Å². The molecule has 0 bridgehead atoms. The highest BCUT2D eigenvalue weighted by molar-refractivity contribution is 9.10. The Bertz CT molecular complexity index is 405. The summed E-state index contributed by atoms with van der Waals surface area (Å²) in [6.45, 7) is 2.06. The molecule has 0 aliphatic rings. The molecule has 66 valence electrons. The van der Waals surface area contributed by atoms with Crippen LogP contribution in [0.3, 0.4) is 0 Å². The standard InChI is InChI=1S/C10H8BrNO/c1-7-2-4-8(5-3-7)9-6-13-10(11)12-9/h2-6H,1H3. The summed E-state index contributed by atoms with van der Waals surface area (Å²) in [5.41, 5.74) is 3.17. The summed E-state index contributed by atoms with van der Waals surface area (Å²) in [6, 6.07) is 8.16. The Kier molecular flexibility index (Phi) is 2.19. The van der Waals surface area contributed by atoms with Crippen molar-refractivity contribution < 1.29 is 4.42 Å². The second kappa shape index (κ2) is 3.34. The number of benzene rings is 1. The number of aryl methyl sites for hydroxylation is 1. The summed E-state index contributed by atoms with van der Waals surface area (Å²) in [7, 11) is 0. The number of hydrogen-bond donors (Lipinski definition) is 0. The van der Waals surface area contributed by atoms with Crippen LogP contribution in [0.4, 0.5) is 0 Å². The van der Waals surface area contributed by atoms with Crippen LogP contribution < -0.4 is 0 Å². The maximum absolute atomic E-state index is 5.05. The van der Waals surface area contributed by atoms with Gasteiger partial charge in [0.1, 0.15) is 12.0 Å². The molecule has 1 aromatic heterocycles. The van der Waals surface area contributed by atoms with Crippen LogP contribution in [0.2, 0.25) is 0 Å². The molecule has 1 aromatic carbocycles. The minimum absolute atomic E-state index is 0.517. The number of halogens is 1. The average Bonchev–Trinajstić information content (AvgIpc) is 2.53. The van der Waals surface area contributed by atoms with Crippen molar-refractivity contribution in [2.45, 2.75) is 6.92 Å². The molecule has 0 fully saturated rings. The Hall–Kier alpha value is -1.09. The fraction of sp³-hybridized carbons (Fsp3) is 0.100. The van der Waals surface area contributed by atoms with E-state index in [0.29, 0.717) is 4.80 Å². The lowest BCUT2D eigenvalue weighted by Gasteiger charge is -1.95. The molecule has 0 aliphatic carbocycles. The van der Waals surface area contributed by atoms with Crippen LogP contribution >= 0.6 is 15.9 Å². The smallest absolute Gasteiger partial charge is 0.264 e. The van der Waals surface area contributed by atoms with E-state index in [2.05, 4.69) is 40.0 Å². The van der Waals surface area contributed by atoms with E-state index in [1.54, 1.807) is 6.26 Å². The van der Waals surface area contributed by atoms with E-state index in [9.17, 15) is 0 Å². The predicted molar refractivity (Wildman–Crippen MR) is 54.4 cm³/mol. The summed E-state index contributed by atoms with van der Waals surface area (Å²) < 4.78 is 5.05. The lowest BCUT2D eigenvalue weighted by atomic mass is 10.1. The maximum atomic E-state index is 5.05. The SMILES string of the molecule is Cc1ccc(-c2coc(Br)n2)cc1. The van der Waals surface area contributed by atoms with Crippen LogP contribution in [0.1, 0.15) is 5.56 Å². The lowest BCUT2D eigenvalue weighted by Crippen LogP contribution is -1.77. The highest BCUT2D eigenvalue weighted by Crippen LogP contribution is 2.20. The molecule has 2 aromatic rings. The van der Waals surface area contributed by atoms with Crippen molar-refractivity contribution in [2.24, 2.45) is 0 Å². The normalized spacial score (nSPS) is 10.3. The minimum atomic E-state index is 0.517. The van der Waals surface area contributed by atoms with E-state index in [-0.39, 0.29) is 0 Å².